The van der Waals surface area contributed by atoms with E-state index in [1.54, 1.807) is 6.07 Å². The van der Waals surface area contributed by atoms with Crippen molar-refractivity contribution in [3.8, 4) is 11.1 Å². The van der Waals surface area contributed by atoms with Crippen LogP contribution in [0.4, 0.5) is 23.2 Å². The van der Waals surface area contributed by atoms with Gasteiger partial charge in [0.15, 0.2) is 23.3 Å². The number of hydrogen-bond acceptors (Lipinski definition) is 1. The molecule has 0 aromatic heterocycles. The predicted molar refractivity (Wildman–Crippen MR) is 61.3 cm³/mol. The van der Waals surface area contributed by atoms with Crippen LogP contribution in [0.2, 0.25) is 0 Å². The molecular formula is C13H9F4N. The van der Waals surface area contributed by atoms with Gasteiger partial charge < -0.3 is 5.32 Å². The third kappa shape index (κ3) is 1.81. The average molecular weight is 255 g/mol. The Hall–Kier alpha value is -2.04. The second kappa shape index (κ2) is 4.68. The number of halogens is 4. The first-order chi connectivity index (χ1) is 8.57. The van der Waals surface area contributed by atoms with Crippen molar-refractivity contribution in [3.05, 3.63) is 53.6 Å². The lowest BCUT2D eigenvalue weighted by atomic mass is 10.0. The van der Waals surface area contributed by atoms with Crippen molar-refractivity contribution < 1.29 is 17.6 Å². The van der Waals surface area contributed by atoms with Gasteiger partial charge in [0.25, 0.3) is 0 Å². The summed E-state index contributed by atoms with van der Waals surface area (Å²) in [7, 11) is 1.18. The molecule has 18 heavy (non-hydrogen) atoms. The van der Waals surface area contributed by atoms with Gasteiger partial charge in [0.05, 0.1) is 5.56 Å². The molecular weight excluding hydrogens is 246 g/mol. The van der Waals surface area contributed by atoms with Gasteiger partial charge in [-0.3, -0.25) is 0 Å². The highest BCUT2D eigenvalue weighted by atomic mass is 19.2. The molecule has 2 aromatic carbocycles. The van der Waals surface area contributed by atoms with Crippen molar-refractivity contribution in [2.45, 2.75) is 0 Å². The Morgan fingerprint density at radius 1 is 0.778 bits per heavy atom. The normalized spacial score (nSPS) is 10.5. The highest BCUT2D eigenvalue weighted by Gasteiger charge is 2.25. The van der Waals surface area contributed by atoms with Gasteiger partial charge in [-0.1, -0.05) is 30.3 Å². The van der Waals surface area contributed by atoms with Gasteiger partial charge in [-0.15, -0.1) is 0 Å². The van der Waals surface area contributed by atoms with Crippen molar-refractivity contribution >= 4 is 5.69 Å². The van der Waals surface area contributed by atoms with Crippen LogP contribution in [0.3, 0.4) is 0 Å². The Balaban J connectivity index is 2.78. The monoisotopic (exact) mass is 255 g/mol. The van der Waals surface area contributed by atoms with Crippen molar-refractivity contribution in [1.82, 2.24) is 0 Å². The zero-order valence-corrected chi connectivity index (χ0v) is 9.40. The first kappa shape index (κ1) is 12.4. The molecule has 0 atom stereocenters. The standard InChI is InChI=1S/C13H9F4N/c1-18-13-11(16)9(14)8(10(15)12(13)17)7-5-3-2-4-6-7/h2-6,18H,1H3. The van der Waals surface area contributed by atoms with Crippen molar-refractivity contribution in [2.75, 3.05) is 12.4 Å². The van der Waals surface area contributed by atoms with Crippen LogP contribution in [-0.4, -0.2) is 7.05 Å². The quantitative estimate of drug-likeness (QED) is 0.632. The minimum atomic E-state index is -1.43. The van der Waals surface area contributed by atoms with E-state index in [0.717, 1.165) is 0 Å². The van der Waals surface area contributed by atoms with E-state index in [4.69, 9.17) is 0 Å². The Labute approximate surface area is 101 Å². The van der Waals surface area contributed by atoms with Crippen LogP contribution in [0.25, 0.3) is 11.1 Å². The van der Waals surface area contributed by atoms with E-state index in [-0.39, 0.29) is 5.56 Å². The van der Waals surface area contributed by atoms with Gasteiger partial charge in [0, 0.05) is 7.05 Å². The minimum Gasteiger partial charge on any atom is -0.383 e. The van der Waals surface area contributed by atoms with Crippen molar-refractivity contribution in [1.29, 1.82) is 0 Å². The van der Waals surface area contributed by atoms with Crippen molar-refractivity contribution in [2.24, 2.45) is 0 Å². The Kier molecular flexibility index (Phi) is 3.23. The van der Waals surface area contributed by atoms with Crippen LogP contribution in [0.5, 0.6) is 0 Å². The molecule has 1 nitrogen and oxygen atoms in total. The van der Waals surface area contributed by atoms with Gasteiger partial charge in [0.1, 0.15) is 5.69 Å². The number of rotatable bonds is 2. The SMILES string of the molecule is CNc1c(F)c(F)c(-c2ccccc2)c(F)c1F. The summed E-state index contributed by atoms with van der Waals surface area (Å²) in [4.78, 5) is 0. The lowest BCUT2D eigenvalue weighted by Gasteiger charge is -2.11. The molecule has 0 spiro atoms. The molecule has 1 N–H and O–H groups in total. The topological polar surface area (TPSA) is 12.0 Å². The second-order valence-corrected chi connectivity index (χ2v) is 3.62. The van der Waals surface area contributed by atoms with E-state index in [1.165, 1.54) is 31.3 Å². The van der Waals surface area contributed by atoms with Crippen LogP contribution in [0.15, 0.2) is 30.3 Å². The molecule has 0 aliphatic rings. The van der Waals surface area contributed by atoms with Crippen LogP contribution in [0, 0.1) is 23.3 Å². The van der Waals surface area contributed by atoms with E-state index >= 15 is 0 Å². The Bertz CT molecular complexity index is 552. The largest absolute Gasteiger partial charge is 0.383 e. The molecule has 2 rings (SSSR count). The lowest BCUT2D eigenvalue weighted by molar-refractivity contribution is 0.463. The summed E-state index contributed by atoms with van der Waals surface area (Å²) in [6, 6.07) is 7.43. The molecule has 0 saturated heterocycles. The van der Waals surface area contributed by atoms with Gasteiger partial charge in [-0.05, 0) is 5.56 Å². The Morgan fingerprint density at radius 2 is 1.28 bits per heavy atom. The molecule has 0 saturated carbocycles. The van der Waals surface area contributed by atoms with Gasteiger partial charge >= 0.3 is 0 Å². The van der Waals surface area contributed by atoms with Gasteiger partial charge in [0.2, 0.25) is 0 Å². The van der Waals surface area contributed by atoms with Crippen LogP contribution in [-0.2, 0) is 0 Å². The van der Waals surface area contributed by atoms with Crippen LogP contribution >= 0.6 is 0 Å². The number of nitrogens with one attached hydrogen (secondary N) is 1. The molecule has 0 radical (unpaired) electrons. The highest BCUT2D eigenvalue weighted by molar-refractivity contribution is 5.68. The molecule has 5 heteroatoms. The maximum atomic E-state index is 13.8. The molecule has 0 unspecified atom stereocenters. The van der Waals surface area contributed by atoms with Gasteiger partial charge in [-0.25, -0.2) is 17.6 Å². The zero-order chi connectivity index (χ0) is 13.3. The molecule has 94 valence electrons. The maximum absolute atomic E-state index is 13.8. The molecule has 0 aliphatic heterocycles. The third-order valence-electron chi connectivity index (χ3n) is 2.58. The number of anilines is 1. The average Bonchev–Trinajstić information content (AvgIpc) is 2.39. The van der Waals surface area contributed by atoms with Crippen LogP contribution < -0.4 is 5.32 Å². The fourth-order valence-corrected chi connectivity index (χ4v) is 1.71. The fraction of sp³-hybridized carbons (Fsp3) is 0.0769. The number of hydrogen-bond donors (Lipinski definition) is 1. The van der Waals surface area contributed by atoms with Crippen molar-refractivity contribution in [3.63, 3.8) is 0 Å². The fourth-order valence-electron chi connectivity index (χ4n) is 1.71. The van der Waals surface area contributed by atoms with Crippen LogP contribution in [0.1, 0.15) is 0 Å². The Morgan fingerprint density at radius 3 is 1.72 bits per heavy atom. The first-order valence-corrected chi connectivity index (χ1v) is 5.17. The number of benzene rings is 2. The molecule has 0 heterocycles. The summed E-state index contributed by atoms with van der Waals surface area (Å²) in [5, 5.41) is 2.09. The lowest BCUT2D eigenvalue weighted by Crippen LogP contribution is -2.05. The van der Waals surface area contributed by atoms with E-state index < -0.39 is 34.5 Å². The summed E-state index contributed by atoms with van der Waals surface area (Å²) >= 11 is 0. The van der Waals surface area contributed by atoms with E-state index in [0.29, 0.717) is 0 Å². The first-order valence-electron chi connectivity index (χ1n) is 5.17. The molecule has 0 aliphatic carbocycles. The summed E-state index contributed by atoms with van der Waals surface area (Å²) < 4.78 is 54.6. The maximum Gasteiger partial charge on any atom is 0.185 e. The summed E-state index contributed by atoms with van der Waals surface area (Å²) in [6.45, 7) is 0. The smallest absolute Gasteiger partial charge is 0.185 e. The summed E-state index contributed by atoms with van der Waals surface area (Å²) in [6.07, 6.45) is 0. The van der Waals surface area contributed by atoms with E-state index in [9.17, 15) is 17.6 Å². The molecule has 2 aromatic rings. The molecule has 0 amide bonds. The minimum absolute atomic E-state index is 0.0768. The molecule has 0 fully saturated rings. The third-order valence-corrected chi connectivity index (χ3v) is 2.58. The predicted octanol–water partition coefficient (Wildman–Crippen LogP) is 3.95. The summed E-state index contributed by atoms with van der Waals surface area (Å²) in [5.74, 6) is -5.69. The highest BCUT2D eigenvalue weighted by Crippen LogP contribution is 2.34. The summed E-state index contributed by atoms with van der Waals surface area (Å²) in [5.41, 5.74) is -1.44. The second-order valence-electron chi connectivity index (χ2n) is 3.62. The van der Waals surface area contributed by atoms with Gasteiger partial charge in [-0.2, -0.15) is 0 Å². The van der Waals surface area contributed by atoms with E-state index in [2.05, 4.69) is 5.32 Å². The zero-order valence-electron chi connectivity index (χ0n) is 9.40. The van der Waals surface area contributed by atoms with E-state index in [1.807, 2.05) is 0 Å². The molecule has 0 bridgehead atoms.